The van der Waals surface area contributed by atoms with E-state index in [4.69, 9.17) is 16.6 Å². The standard InChI is InChI=1S/C19H20ClN5O2S/c1-12-16(22-11-21-12)9-24-6-4-13(5-7-24)19-23-17(10-28-19)14-2-3-15(20)18(8-14)25(26)27/h2-3,8,10-11,13H,4-7,9H2,1H3,(H,21,22). The molecule has 146 valence electrons. The average Bonchev–Trinajstić information content (AvgIpc) is 3.32. The number of benzene rings is 1. The summed E-state index contributed by atoms with van der Waals surface area (Å²) in [4.78, 5) is 25.4. The average molecular weight is 418 g/mol. The van der Waals surface area contributed by atoms with E-state index in [2.05, 4.69) is 14.9 Å². The lowest BCUT2D eigenvalue weighted by Crippen LogP contribution is -2.32. The normalized spacial score (nSPS) is 15.8. The Hall–Kier alpha value is -2.29. The SMILES string of the molecule is Cc1[nH]cnc1CN1CCC(c2nc(-c3ccc(Cl)c([N+](=O)[O-])c3)cs2)CC1. The van der Waals surface area contributed by atoms with E-state index in [1.54, 1.807) is 29.8 Å². The number of likely N-dealkylation sites (tertiary alicyclic amines) is 1. The van der Waals surface area contributed by atoms with Gasteiger partial charge in [-0.25, -0.2) is 9.97 Å². The number of aryl methyl sites for hydroxylation is 1. The number of hydrogen-bond acceptors (Lipinski definition) is 6. The zero-order valence-electron chi connectivity index (χ0n) is 15.4. The predicted molar refractivity (Wildman–Crippen MR) is 110 cm³/mol. The van der Waals surface area contributed by atoms with Crippen LogP contribution in [0.5, 0.6) is 0 Å². The van der Waals surface area contributed by atoms with Crippen molar-refractivity contribution >= 4 is 28.6 Å². The summed E-state index contributed by atoms with van der Waals surface area (Å²) in [5, 5.41) is 14.3. The molecule has 1 N–H and O–H groups in total. The molecule has 1 fully saturated rings. The summed E-state index contributed by atoms with van der Waals surface area (Å²) < 4.78 is 0. The van der Waals surface area contributed by atoms with Crippen LogP contribution in [0.25, 0.3) is 11.3 Å². The monoisotopic (exact) mass is 417 g/mol. The van der Waals surface area contributed by atoms with Crippen LogP contribution in [0, 0.1) is 17.0 Å². The zero-order valence-corrected chi connectivity index (χ0v) is 17.0. The number of imidazole rings is 1. The number of aromatic nitrogens is 3. The van der Waals surface area contributed by atoms with Gasteiger partial charge in [-0.15, -0.1) is 11.3 Å². The van der Waals surface area contributed by atoms with Gasteiger partial charge in [-0.1, -0.05) is 17.7 Å². The number of aromatic amines is 1. The van der Waals surface area contributed by atoms with E-state index in [9.17, 15) is 10.1 Å². The van der Waals surface area contributed by atoms with Crippen molar-refractivity contribution in [3.05, 3.63) is 61.4 Å². The molecule has 1 saturated heterocycles. The summed E-state index contributed by atoms with van der Waals surface area (Å²) in [6.07, 6.45) is 3.85. The van der Waals surface area contributed by atoms with E-state index in [0.717, 1.165) is 60.1 Å². The molecular formula is C19H20ClN5O2S. The topological polar surface area (TPSA) is 88.0 Å². The number of hydrogen-bond donors (Lipinski definition) is 1. The number of nitrogens with one attached hydrogen (secondary N) is 1. The highest BCUT2D eigenvalue weighted by molar-refractivity contribution is 7.10. The number of nitro groups is 1. The Bertz CT molecular complexity index is 994. The van der Waals surface area contributed by atoms with Gasteiger partial charge in [0.05, 0.1) is 27.6 Å². The maximum Gasteiger partial charge on any atom is 0.288 e. The molecule has 0 unspecified atom stereocenters. The van der Waals surface area contributed by atoms with E-state index in [1.165, 1.54) is 6.07 Å². The van der Waals surface area contributed by atoms with Crippen LogP contribution >= 0.6 is 22.9 Å². The minimum Gasteiger partial charge on any atom is -0.348 e. The van der Waals surface area contributed by atoms with Gasteiger partial charge in [0, 0.05) is 35.2 Å². The third-order valence-electron chi connectivity index (χ3n) is 5.21. The van der Waals surface area contributed by atoms with Crippen LogP contribution < -0.4 is 0 Å². The van der Waals surface area contributed by atoms with Crippen LogP contribution in [0.3, 0.4) is 0 Å². The Kier molecular flexibility index (Phi) is 5.43. The number of thiazole rings is 1. The number of halogens is 1. The van der Waals surface area contributed by atoms with Crippen molar-refractivity contribution in [1.82, 2.24) is 19.9 Å². The first kappa shape index (κ1) is 19.0. The van der Waals surface area contributed by atoms with Crippen molar-refractivity contribution < 1.29 is 4.92 Å². The lowest BCUT2D eigenvalue weighted by molar-refractivity contribution is -0.384. The van der Waals surface area contributed by atoms with Crippen LogP contribution in [-0.2, 0) is 6.54 Å². The molecule has 0 atom stereocenters. The van der Waals surface area contributed by atoms with Crippen LogP contribution in [0.1, 0.15) is 35.2 Å². The van der Waals surface area contributed by atoms with E-state index in [0.29, 0.717) is 5.92 Å². The van der Waals surface area contributed by atoms with Crippen LogP contribution in [0.4, 0.5) is 5.69 Å². The fraction of sp³-hybridized carbons (Fsp3) is 0.368. The van der Waals surface area contributed by atoms with E-state index in [-0.39, 0.29) is 10.7 Å². The molecule has 0 radical (unpaired) electrons. The summed E-state index contributed by atoms with van der Waals surface area (Å²) in [6, 6.07) is 4.84. The van der Waals surface area contributed by atoms with Gasteiger partial charge in [-0.3, -0.25) is 15.0 Å². The molecule has 28 heavy (non-hydrogen) atoms. The highest BCUT2D eigenvalue weighted by Gasteiger charge is 2.24. The molecule has 9 heteroatoms. The Balaban J connectivity index is 1.42. The van der Waals surface area contributed by atoms with E-state index < -0.39 is 4.92 Å². The molecule has 0 amide bonds. The quantitative estimate of drug-likeness (QED) is 0.476. The second kappa shape index (κ2) is 7.98. The van der Waals surface area contributed by atoms with Gasteiger partial charge in [0.1, 0.15) is 5.02 Å². The molecular weight excluding hydrogens is 398 g/mol. The van der Waals surface area contributed by atoms with Crippen molar-refractivity contribution in [1.29, 1.82) is 0 Å². The van der Waals surface area contributed by atoms with Crippen molar-refractivity contribution in [2.45, 2.75) is 32.2 Å². The van der Waals surface area contributed by atoms with Crippen LogP contribution in [0.15, 0.2) is 29.9 Å². The van der Waals surface area contributed by atoms with Crippen molar-refractivity contribution in [3.63, 3.8) is 0 Å². The summed E-state index contributed by atoms with van der Waals surface area (Å²) in [5.41, 5.74) is 3.65. The number of H-pyrrole nitrogens is 1. The fourth-order valence-electron chi connectivity index (χ4n) is 3.52. The molecule has 3 aromatic rings. The lowest BCUT2D eigenvalue weighted by atomic mass is 9.97. The maximum absolute atomic E-state index is 11.1. The fourth-order valence-corrected chi connectivity index (χ4v) is 4.70. The van der Waals surface area contributed by atoms with Gasteiger partial charge < -0.3 is 4.98 Å². The highest BCUT2D eigenvalue weighted by atomic mass is 35.5. The predicted octanol–water partition coefficient (Wildman–Crippen LogP) is 4.78. The third kappa shape index (κ3) is 3.94. The molecule has 4 rings (SSSR count). The van der Waals surface area contributed by atoms with Gasteiger partial charge in [-0.2, -0.15) is 0 Å². The first-order valence-corrected chi connectivity index (χ1v) is 10.4. The molecule has 3 heterocycles. The van der Waals surface area contributed by atoms with Gasteiger partial charge in [-0.05, 0) is 38.9 Å². The third-order valence-corrected chi connectivity index (χ3v) is 6.53. The van der Waals surface area contributed by atoms with Crippen LogP contribution in [-0.4, -0.2) is 37.9 Å². The Morgan fingerprint density at radius 3 is 2.86 bits per heavy atom. The first-order chi connectivity index (χ1) is 13.5. The summed E-state index contributed by atoms with van der Waals surface area (Å²) in [7, 11) is 0. The van der Waals surface area contributed by atoms with E-state index >= 15 is 0 Å². The smallest absolute Gasteiger partial charge is 0.288 e. The number of piperidine rings is 1. The zero-order chi connectivity index (χ0) is 19.7. The maximum atomic E-state index is 11.1. The first-order valence-electron chi connectivity index (χ1n) is 9.12. The van der Waals surface area contributed by atoms with Gasteiger partial charge in [0.2, 0.25) is 0 Å². The Morgan fingerprint density at radius 2 is 2.18 bits per heavy atom. The van der Waals surface area contributed by atoms with E-state index in [1.807, 2.05) is 12.3 Å². The summed E-state index contributed by atoms with van der Waals surface area (Å²) >= 11 is 7.54. The van der Waals surface area contributed by atoms with Crippen molar-refractivity contribution in [3.8, 4) is 11.3 Å². The second-order valence-corrected chi connectivity index (χ2v) is 8.32. The number of rotatable bonds is 5. The molecule has 1 aromatic carbocycles. The molecule has 7 nitrogen and oxygen atoms in total. The molecule has 2 aromatic heterocycles. The van der Waals surface area contributed by atoms with Gasteiger partial charge in [0.15, 0.2) is 0 Å². The molecule has 0 bridgehead atoms. The molecule has 0 saturated carbocycles. The van der Waals surface area contributed by atoms with Gasteiger partial charge >= 0.3 is 0 Å². The van der Waals surface area contributed by atoms with Crippen molar-refractivity contribution in [2.75, 3.05) is 13.1 Å². The molecule has 0 spiro atoms. The lowest BCUT2D eigenvalue weighted by Gasteiger charge is -2.30. The largest absolute Gasteiger partial charge is 0.348 e. The second-order valence-electron chi connectivity index (χ2n) is 7.02. The minimum atomic E-state index is -0.462. The van der Waals surface area contributed by atoms with Crippen LogP contribution in [0.2, 0.25) is 5.02 Å². The Labute approximate surface area is 171 Å². The van der Waals surface area contributed by atoms with Gasteiger partial charge in [0.25, 0.3) is 5.69 Å². The summed E-state index contributed by atoms with van der Waals surface area (Å²) in [5.74, 6) is 0.428. The highest BCUT2D eigenvalue weighted by Crippen LogP contribution is 2.35. The molecule has 1 aliphatic heterocycles. The number of nitrogens with zero attached hydrogens (tertiary/aromatic N) is 4. The minimum absolute atomic E-state index is 0.0873. The molecule has 0 aliphatic carbocycles. The molecule has 1 aliphatic rings. The summed E-state index contributed by atoms with van der Waals surface area (Å²) in [6.45, 7) is 4.95. The Morgan fingerprint density at radius 1 is 1.39 bits per heavy atom. The number of nitro benzene ring substituents is 1. The van der Waals surface area contributed by atoms with Crippen molar-refractivity contribution in [2.24, 2.45) is 0 Å².